The van der Waals surface area contributed by atoms with E-state index in [2.05, 4.69) is 13.8 Å². The van der Waals surface area contributed by atoms with Crippen LogP contribution in [0.3, 0.4) is 0 Å². The molecule has 0 aromatic rings. The summed E-state index contributed by atoms with van der Waals surface area (Å²) < 4.78 is 10.2. The monoisotopic (exact) mass is 204 g/mol. The average Bonchev–Trinajstić information content (AvgIpc) is 2.09. The second kappa shape index (κ2) is 7.76. The van der Waals surface area contributed by atoms with Gasteiger partial charge in [-0.05, 0) is 19.3 Å². The third kappa shape index (κ3) is 8.01. The summed E-state index contributed by atoms with van der Waals surface area (Å²) in [5.74, 6) is -0.305. The van der Waals surface area contributed by atoms with E-state index in [1.54, 1.807) is 0 Å². The van der Waals surface area contributed by atoms with Gasteiger partial charge in [0.15, 0.2) is 6.10 Å². The van der Waals surface area contributed by atoms with Gasteiger partial charge in [-0.3, -0.25) is 0 Å². The Morgan fingerprint density at radius 3 is 2.36 bits per heavy atom. The van der Waals surface area contributed by atoms with Crippen LogP contribution >= 0.6 is 0 Å². The van der Waals surface area contributed by atoms with Crippen molar-refractivity contribution in [2.75, 3.05) is 19.8 Å². The largest absolute Gasteiger partial charge is 0.479 e. The van der Waals surface area contributed by atoms with Gasteiger partial charge in [-0.15, -0.1) is 0 Å². The van der Waals surface area contributed by atoms with Gasteiger partial charge in [0, 0.05) is 6.61 Å². The van der Waals surface area contributed by atoms with Crippen molar-refractivity contribution in [3.63, 3.8) is 0 Å². The highest BCUT2D eigenvalue weighted by molar-refractivity contribution is 5.71. The summed E-state index contributed by atoms with van der Waals surface area (Å²) in [5.41, 5.74) is 0. The van der Waals surface area contributed by atoms with Crippen molar-refractivity contribution in [2.45, 2.75) is 33.3 Å². The van der Waals surface area contributed by atoms with Gasteiger partial charge in [0.25, 0.3) is 0 Å². The molecule has 0 heterocycles. The van der Waals surface area contributed by atoms with Crippen molar-refractivity contribution in [3.8, 4) is 0 Å². The predicted molar refractivity (Wildman–Crippen MR) is 53.3 cm³/mol. The molecule has 4 nitrogen and oxygen atoms in total. The van der Waals surface area contributed by atoms with Gasteiger partial charge in [-0.1, -0.05) is 13.8 Å². The molecule has 0 aromatic carbocycles. The number of hydrogen-bond acceptors (Lipinski definition) is 3. The molecule has 4 heteroatoms. The molecule has 0 spiro atoms. The molecule has 0 amide bonds. The van der Waals surface area contributed by atoms with E-state index in [9.17, 15) is 4.79 Å². The molecule has 0 rings (SSSR count). The lowest BCUT2D eigenvalue weighted by Crippen LogP contribution is -2.22. The third-order valence-corrected chi connectivity index (χ3v) is 1.78. The summed E-state index contributed by atoms with van der Waals surface area (Å²) >= 11 is 0. The van der Waals surface area contributed by atoms with Gasteiger partial charge in [-0.2, -0.15) is 0 Å². The lowest BCUT2D eigenvalue weighted by molar-refractivity contribution is -0.149. The number of carbonyl (C=O) groups is 1. The maximum absolute atomic E-state index is 10.3. The highest BCUT2D eigenvalue weighted by atomic mass is 16.5. The quantitative estimate of drug-likeness (QED) is 0.609. The summed E-state index contributed by atoms with van der Waals surface area (Å²) in [6, 6.07) is 0. The van der Waals surface area contributed by atoms with Crippen LogP contribution in [0, 0.1) is 5.92 Å². The Morgan fingerprint density at radius 1 is 1.21 bits per heavy atom. The zero-order chi connectivity index (χ0) is 11.0. The second-order valence-electron chi connectivity index (χ2n) is 3.65. The molecule has 0 aliphatic heterocycles. The van der Waals surface area contributed by atoms with Crippen LogP contribution in [0.4, 0.5) is 0 Å². The number of rotatable bonds is 8. The fourth-order valence-corrected chi connectivity index (χ4v) is 0.776. The highest BCUT2D eigenvalue weighted by Crippen LogP contribution is 1.98. The minimum absolute atomic E-state index is 0.339. The molecule has 0 fully saturated rings. The van der Waals surface area contributed by atoms with Crippen LogP contribution in [0.25, 0.3) is 0 Å². The summed E-state index contributed by atoms with van der Waals surface area (Å²) in [4.78, 5) is 10.3. The fourth-order valence-electron chi connectivity index (χ4n) is 0.776. The standard InChI is InChI=1S/C10H20O4/c1-8(2)4-5-13-6-7-14-9(3)10(11)12/h8-9H,4-7H2,1-3H3,(H,11,12). The molecule has 1 atom stereocenters. The molecule has 84 valence electrons. The lowest BCUT2D eigenvalue weighted by atomic mass is 10.1. The van der Waals surface area contributed by atoms with Crippen LogP contribution in [0.15, 0.2) is 0 Å². The molecule has 0 bridgehead atoms. The van der Waals surface area contributed by atoms with Crippen LogP contribution in [0.5, 0.6) is 0 Å². The van der Waals surface area contributed by atoms with E-state index >= 15 is 0 Å². The smallest absolute Gasteiger partial charge is 0.332 e. The zero-order valence-electron chi connectivity index (χ0n) is 9.16. The maximum atomic E-state index is 10.3. The number of ether oxygens (including phenoxy) is 2. The van der Waals surface area contributed by atoms with Crippen molar-refractivity contribution < 1.29 is 19.4 Å². The van der Waals surface area contributed by atoms with E-state index in [0.29, 0.717) is 25.7 Å². The van der Waals surface area contributed by atoms with Crippen LogP contribution in [-0.2, 0) is 14.3 Å². The van der Waals surface area contributed by atoms with E-state index in [1.165, 1.54) is 6.92 Å². The predicted octanol–water partition coefficient (Wildman–Crippen LogP) is 1.54. The molecule has 0 saturated heterocycles. The van der Waals surface area contributed by atoms with E-state index in [1.807, 2.05) is 0 Å². The number of aliphatic carboxylic acids is 1. The molecule has 14 heavy (non-hydrogen) atoms. The molecule has 0 aliphatic carbocycles. The summed E-state index contributed by atoms with van der Waals surface area (Å²) in [6.45, 7) is 7.29. The van der Waals surface area contributed by atoms with E-state index in [0.717, 1.165) is 6.42 Å². The number of carboxylic acids is 1. The average molecular weight is 204 g/mol. The molecule has 1 unspecified atom stereocenters. The van der Waals surface area contributed by atoms with Crippen molar-refractivity contribution in [1.29, 1.82) is 0 Å². The van der Waals surface area contributed by atoms with E-state index in [-0.39, 0.29) is 0 Å². The molecular weight excluding hydrogens is 184 g/mol. The summed E-state index contributed by atoms with van der Waals surface area (Å²) in [5, 5.41) is 8.49. The van der Waals surface area contributed by atoms with Crippen LogP contribution in [0.2, 0.25) is 0 Å². The Balaban J connectivity index is 3.17. The normalized spacial score (nSPS) is 13.1. The van der Waals surface area contributed by atoms with Crippen LogP contribution in [0.1, 0.15) is 27.2 Å². The first-order valence-corrected chi connectivity index (χ1v) is 4.96. The Labute approximate surface area is 85.2 Å². The minimum atomic E-state index is -0.938. The van der Waals surface area contributed by atoms with Gasteiger partial charge in [0.1, 0.15) is 0 Å². The molecule has 0 saturated carbocycles. The first-order chi connectivity index (χ1) is 6.54. The van der Waals surface area contributed by atoms with Crippen LogP contribution in [-0.4, -0.2) is 37.0 Å². The van der Waals surface area contributed by atoms with Gasteiger partial charge in [0.05, 0.1) is 13.2 Å². The van der Waals surface area contributed by atoms with Crippen LogP contribution < -0.4 is 0 Å². The maximum Gasteiger partial charge on any atom is 0.332 e. The van der Waals surface area contributed by atoms with Gasteiger partial charge >= 0.3 is 5.97 Å². The van der Waals surface area contributed by atoms with Crippen molar-refractivity contribution in [1.82, 2.24) is 0 Å². The Kier molecular flexibility index (Phi) is 7.42. The second-order valence-corrected chi connectivity index (χ2v) is 3.65. The highest BCUT2D eigenvalue weighted by Gasteiger charge is 2.09. The van der Waals surface area contributed by atoms with E-state index < -0.39 is 12.1 Å². The van der Waals surface area contributed by atoms with E-state index in [4.69, 9.17) is 14.6 Å². The van der Waals surface area contributed by atoms with Gasteiger partial charge in [-0.25, -0.2) is 4.79 Å². The van der Waals surface area contributed by atoms with Gasteiger partial charge in [0.2, 0.25) is 0 Å². The first-order valence-electron chi connectivity index (χ1n) is 4.96. The zero-order valence-corrected chi connectivity index (χ0v) is 9.16. The molecular formula is C10H20O4. The molecule has 0 aromatic heterocycles. The van der Waals surface area contributed by atoms with Crippen molar-refractivity contribution in [3.05, 3.63) is 0 Å². The fraction of sp³-hybridized carbons (Fsp3) is 0.900. The summed E-state index contributed by atoms with van der Waals surface area (Å²) in [7, 11) is 0. The first kappa shape index (κ1) is 13.4. The Bertz CT molecular complexity index is 156. The third-order valence-electron chi connectivity index (χ3n) is 1.78. The molecule has 0 aliphatic rings. The number of carboxylic acid groups (broad SMARTS) is 1. The molecule has 1 N–H and O–H groups in total. The summed E-state index contributed by atoms with van der Waals surface area (Å²) in [6.07, 6.45) is 0.276. The number of hydrogen-bond donors (Lipinski definition) is 1. The van der Waals surface area contributed by atoms with Gasteiger partial charge < -0.3 is 14.6 Å². The minimum Gasteiger partial charge on any atom is -0.479 e. The molecule has 0 radical (unpaired) electrons. The van der Waals surface area contributed by atoms with Crippen molar-refractivity contribution in [2.24, 2.45) is 5.92 Å². The topological polar surface area (TPSA) is 55.8 Å². The van der Waals surface area contributed by atoms with Crippen molar-refractivity contribution >= 4 is 5.97 Å². The SMILES string of the molecule is CC(C)CCOCCOC(C)C(=O)O. The Hall–Kier alpha value is -0.610. The Morgan fingerprint density at radius 2 is 1.86 bits per heavy atom. The lowest BCUT2D eigenvalue weighted by Gasteiger charge is -2.09.